The highest BCUT2D eigenvalue weighted by Gasteiger charge is 2.29. The number of thioether (sulfide) groups is 1. The van der Waals surface area contributed by atoms with Crippen LogP contribution in [-0.2, 0) is 6.18 Å². The van der Waals surface area contributed by atoms with Crippen molar-refractivity contribution in [2.24, 2.45) is 0 Å². The molecule has 0 spiro atoms. The molecular formula is C12H14F3NS. The summed E-state index contributed by atoms with van der Waals surface area (Å²) in [6.07, 6.45) is -1.82. The van der Waals surface area contributed by atoms with Crippen LogP contribution in [0.4, 0.5) is 18.9 Å². The molecule has 1 saturated heterocycles. The zero-order valence-corrected chi connectivity index (χ0v) is 10.1. The van der Waals surface area contributed by atoms with Gasteiger partial charge in [0.15, 0.2) is 0 Å². The fraction of sp³-hybridized carbons (Fsp3) is 0.500. The molecule has 0 radical (unpaired) electrons. The van der Waals surface area contributed by atoms with Crippen molar-refractivity contribution in [1.29, 1.82) is 0 Å². The van der Waals surface area contributed by atoms with Gasteiger partial charge in [0, 0.05) is 17.5 Å². The molecule has 17 heavy (non-hydrogen) atoms. The van der Waals surface area contributed by atoms with E-state index < -0.39 is 11.7 Å². The molecule has 1 aromatic rings. The summed E-state index contributed by atoms with van der Waals surface area (Å²) in [4.78, 5) is 0. The second kappa shape index (κ2) is 5.21. The van der Waals surface area contributed by atoms with Crippen molar-refractivity contribution in [1.82, 2.24) is 0 Å². The number of alkyl halides is 3. The molecule has 5 heteroatoms. The van der Waals surface area contributed by atoms with Gasteiger partial charge in [0.05, 0.1) is 5.56 Å². The minimum absolute atomic E-state index is 0.595. The largest absolute Gasteiger partial charge is 0.416 e. The van der Waals surface area contributed by atoms with Gasteiger partial charge in [-0.1, -0.05) is 0 Å². The molecule has 0 aliphatic carbocycles. The van der Waals surface area contributed by atoms with Crippen LogP contribution in [0.25, 0.3) is 0 Å². The van der Waals surface area contributed by atoms with Gasteiger partial charge < -0.3 is 5.32 Å². The van der Waals surface area contributed by atoms with Crippen molar-refractivity contribution in [2.45, 2.75) is 24.3 Å². The molecule has 2 rings (SSSR count). The molecule has 0 bridgehead atoms. The van der Waals surface area contributed by atoms with E-state index in [4.69, 9.17) is 0 Å². The third kappa shape index (κ3) is 3.56. The number of anilines is 1. The van der Waals surface area contributed by atoms with Gasteiger partial charge in [0.2, 0.25) is 0 Å². The average molecular weight is 261 g/mol. The quantitative estimate of drug-likeness (QED) is 0.882. The topological polar surface area (TPSA) is 12.0 Å². The highest BCUT2D eigenvalue weighted by Crippen LogP contribution is 2.30. The Morgan fingerprint density at radius 3 is 2.47 bits per heavy atom. The standard InChI is InChI=1S/C12H14F3NS/c13-12(14,15)9-3-5-10(6-4-9)16-8-11-2-1-7-17-11/h3-6,11,16H,1-2,7-8H2. The van der Waals surface area contributed by atoms with E-state index in [1.54, 1.807) is 0 Å². The average Bonchev–Trinajstić information content (AvgIpc) is 2.78. The summed E-state index contributed by atoms with van der Waals surface area (Å²) >= 11 is 1.93. The Labute approximate surface area is 103 Å². The normalized spacial score (nSPS) is 20.5. The first kappa shape index (κ1) is 12.6. The summed E-state index contributed by atoms with van der Waals surface area (Å²) in [6.45, 7) is 0.829. The Morgan fingerprint density at radius 2 is 1.94 bits per heavy atom. The minimum atomic E-state index is -4.25. The van der Waals surface area contributed by atoms with Crippen molar-refractivity contribution in [3.05, 3.63) is 29.8 Å². The number of halogens is 3. The molecule has 94 valence electrons. The van der Waals surface area contributed by atoms with Gasteiger partial charge in [-0.25, -0.2) is 0 Å². The van der Waals surface area contributed by atoms with Crippen LogP contribution in [0.15, 0.2) is 24.3 Å². The fourth-order valence-corrected chi connectivity index (χ4v) is 3.02. The van der Waals surface area contributed by atoms with Gasteiger partial charge in [0.1, 0.15) is 0 Å². The van der Waals surface area contributed by atoms with Gasteiger partial charge in [-0.3, -0.25) is 0 Å². The Hall–Kier alpha value is -0.840. The summed E-state index contributed by atoms with van der Waals surface area (Å²) in [7, 11) is 0. The molecule has 1 unspecified atom stereocenters. The lowest BCUT2D eigenvalue weighted by molar-refractivity contribution is -0.137. The van der Waals surface area contributed by atoms with E-state index in [-0.39, 0.29) is 0 Å². The van der Waals surface area contributed by atoms with Crippen molar-refractivity contribution in [3.8, 4) is 0 Å². The van der Waals surface area contributed by atoms with Crippen molar-refractivity contribution in [2.75, 3.05) is 17.6 Å². The smallest absolute Gasteiger partial charge is 0.384 e. The molecular weight excluding hydrogens is 247 g/mol. The Morgan fingerprint density at radius 1 is 1.24 bits per heavy atom. The van der Waals surface area contributed by atoms with Gasteiger partial charge in [-0.2, -0.15) is 24.9 Å². The Balaban J connectivity index is 1.89. The summed E-state index contributed by atoms with van der Waals surface area (Å²) in [5.41, 5.74) is 0.156. The first-order valence-electron chi connectivity index (χ1n) is 5.58. The monoisotopic (exact) mass is 261 g/mol. The lowest BCUT2D eigenvalue weighted by atomic mass is 10.2. The molecule has 1 N–H and O–H groups in total. The van der Waals surface area contributed by atoms with E-state index in [0.29, 0.717) is 5.25 Å². The molecule has 1 aliphatic rings. The van der Waals surface area contributed by atoms with Crippen molar-refractivity contribution < 1.29 is 13.2 Å². The molecule has 1 aliphatic heterocycles. The second-order valence-electron chi connectivity index (χ2n) is 4.09. The third-order valence-corrected chi connectivity index (χ3v) is 4.17. The molecule has 0 saturated carbocycles. The van der Waals surface area contributed by atoms with Crippen LogP contribution in [0.3, 0.4) is 0 Å². The van der Waals surface area contributed by atoms with Crippen molar-refractivity contribution >= 4 is 17.4 Å². The van der Waals surface area contributed by atoms with E-state index in [0.717, 1.165) is 24.4 Å². The Bertz CT molecular complexity index is 355. The summed E-state index contributed by atoms with van der Waals surface area (Å²) in [5, 5.41) is 3.77. The first-order chi connectivity index (χ1) is 8.05. The molecule has 1 nitrogen and oxygen atoms in total. The van der Waals surface area contributed by atoms with Gasteiger partial charge in [-0.15, -0.1) is 0 Å². The summed E-state index contributed by atoms with van der Waals surface area (Å²) in [5.74, 6) is 1.19. The van der Waals surface area contributed by atoms with Gasteiger partial charge in [0.25, 0.3) is 0 Å². The van der Waals surface area contributed by atoms with Crippen LogP contribution in [0.5, 0.6) is 0 Å². The number of hydrogen-bond donors (Lipinski definition) is 1. The second-order valence-corrected chi connectivity index (χ2v) is 5.50. The van der Waals surface area contributed by atoms with E-state index >= 15 is 0 Å². The number of nitrogens with one attached hydrogen (secondary N) is 1. The third-order valence-electron chi connectivity index (χ3n) is 2.77. The number of benzene rings is 1. The van der Waals surface area contributed by atoms with Crippen LogP contribution < -0.4 is 5.32 Å². The minimum Gasteiger partial charge on any atom is -0.384 e. The van der Waals surface area contributed by atoms with Gasteiger partial charge >= 0.3 is 6.18 Å². The summed E-state index contributed by atoms with van der Waals surface area (Å²) < 4.78 is 37.0. The first-order valence-corrected chi connectivity index (χ1v) is 6.63. The molecule has 1 fully saturated rings. The summed E-state index contributed by atoms with van der Waals surface area (Å²) in [6, 6.07) is 5.21. The maximum Gasteiger partial charge on any atom is 0.416 e. The predicted molar refractivity (Wildman–Crippen MR) is 65.4 cm³/mol. The van der Waals surface area contributed by atoms with Crippen LogP contribution in [0.2, 0.25) is 0 Å². The maximum absolute atomic E-state index is 12.3. The highest BCUT2D eigenvalue weighted by atomic mass is 32.2. The van der Waals surface area contributed by atoms with Crippen LogP contribution in [0.1, 0.15) is 18.4 Å². The maximum atomic E-state index is 12.3. The number of hydrogen-bond acceptors (Lipinski definition) is 2. The zero-order valence-electron chi connectivity index (χ0n) is 9.26. The molecule has 1 atom stereocenters. The lowest BCUT2D eigenvalue weighted by Gasteiger charge is -2.12. The Kier molecular flexibility index (Phi) is 3.86. The molecule has 0 amide bonds. The van der Waals surface area contributed by atoms with Crippen LogP contribution in [-0.4, -0.2) is 17.5 Å². The number of rotatable bonds is 3. The zero-order chi connectivity index (χ0) is 12.3. The van der Waals surface area contributed by atoms with Gasteiger partial charge in [-0.05, 0) is 42.9 Å². The molecule has 1 heterocycles. The van der Waals surface area contributed by atoms with Crippen LogP contribution in [0, 0.1) is 0 Å². The SMILES string of the molecule is FC(F)(F)c1ccc(NCC2CCCS2)cc1. The lowest BCUT2D eigenvalue weighted by Crippen LogP contribution is -2.13. The molecule has 0 aromatic heterocycles. The van der Waals surface area contributed by atoms with Crippen LogP contribution >= 0.6 is 11.8 Å². The fourth-order valence-electron chi connectivity index (χ4n) is 1.81. The van der Waals surface area contributed by atoms with E-state index in [1.165, 1.54) is 30.7 Å². The van der Waals surface area contributed by atoms with E-state index in [2.05, 4.69) is 5.32 Å². The molecule has 1 aromatic carbocycles. The highest BCUT2D eigenvalue weighted by molar-refractivity contribution is 8.00. The van der Waals surface area contributed by atoms with E-state index in [9.17, 15) is 13.2 Å². The predicted octanol–water partition coefficient (Wildman–Crippen LogP) is 4.01. The van der Waals surface area contributed by atoms with Crippen molar-refractivity contribution in [3.63, 3.8) is 0 Å². The van der Waals surface area contributed by atoms with E-state index in [1.807, 2.05) is 11.8 Å².